The molecule has 0 fully saturated rings. The summed E-state index contributed by atoms with van der Waals surface area (Å²) in [7, 11) is 0. The van der Waals surface area contributed by atoms with Crippen molar-refractivity contribution >= 4 is 29.3 Å². The molecule has 1 aliphatic heterocycles. The maximum Gasteiger partial charge on any atom is 0.262 e. The van der Waals surface area contributed by atoms with Crippen LogP contribution in [0.4, 0.5) is 0 Å². The molecule has 0 radical (unpaired) electrons. The summed E-state index contributed by atoms with van der Waals surface area (Å²) >= 11 is 5.80. The van der Waals surface area contributed by atoms with Crippen LogP contribution in [0.3, 0.4) is 0 Å². The summed E-state index contributed by atoms with van der Waals surface area (Å²) in [6.45, 7) is 2.18. The van der Waals surface area contributed by atoms with Gasteiger partial charge < -0.3 is 5.32 Å². The van der Waals surface area contributed by atoms with Crippen LogP contribution in [0.25, 0.3) is 0 Å². The van der Waals surface area contributed by atoms with Crippen LogP contribution in [0.5, 0.6) is 0 Å². The van der Waals surface area contributed by atoms with E-state index in [0.717, 1.165) is 11.3 Å². The molecule has 6 heteroatoms. The van der Waals surface area contributed by atoms with E-state index >= 15 is 0 Å². The summed E-state index contributed by atoms with van der Waals surface area (Å²) in [5, 5.41) is 3.01. The molecule has 0 spiro atoms. The number of benzene rings is 1. The van der Waals surface area contributed by atoms with Crippen LogP contribution in [0.2, 0.25) is 5.02 Å². The summed E-state index contributed by atoms with van der Waals surface area (Å²) in [4.78, 5) is 36.6. The Balaban J connectivity index is 2.16. The predicted octanol–water partition coefficient (Wildman–Crippen LogP) is 1.46. The lowest BCUT2D eigenvalue weighted by Crippen LogP contribution is -2.40. The lowest BCUT2D eigenvalue weighted by atomic mass is 10.1. The van der Waals surface area contributed by atoms with Crippen molar-refractivity contribution in [1.82, 2.24) is 10.2 Å². The minimum atomic E-state index is -0.478. The van der Waals surface area contributed by atoms with E-state index < -0.39 is 11.8 Å². The fraction of sp³-hybridized carbons (Fsp3) is 0.308. The number of halogens is 1. The zero-order valence-electron chi connectivity index (χ0n) is 10.4. The van der Waals surface area contributed by atoms with E-state index in [4.69, 9.17) is 11.6 Å². The van der Waals surface area contributed by atoms with E-state index in [1.807, 2.05) is 6.92 Å². The van der Waals surface area contributed by atoms with Gasteiger partial charge in [0, 0.05) is 11.6 Å². The molecule has 1 heterocycles. The Kier molecular flexibility index (Phi) is 3.85. The van der Waals surface area contributed by atoms with Gasteiger partial charge in [0.2, 0.25) is 5.91 Å². The van der Waals surface area contributed by atoms with Gasteiger partial charge in [-0.05, 0) is 24.6 Å². The fourth-order valence-electron chi connectivity index (χ4n) is 1.87. The van der Waals surface area contributed by atoms with Crippen molar-refractivity contribution in [2.24, 2.45) is 0 Å². The van der Waals surface area contributed by atoms with Gasteiger partial charge >= 0.3 is 0 Å². The Labute approximate surface area is 115 Å². The lowest BCUT2D eigenvalue weighted by molar-refractivity contribution is -0.121. The highest BCUT2D eigenvalue weighted by Crippen LogP contribution is 2.25. The number of carbonyl (C=O) groups is 3. The van der Waals surface area contributed by atoms with Gasteiger partial charge in [0.25, 0.3) is 11.8 Å². The molecule has 5 nitrogen and oxygen atoms in total. The van der Waals surface area contributed by atoms with E-state index in [9.17, 15) is 14.4 Å². The summed E-state index contributed by atoms with van der Waals surface area (Å²) < 4.78 is 0. The van der Waals surface area contributed by atoms with Gasteiger partial charge in [-0.2, -0.15) is 0 Å². The van der Waals surface area contributed by atoms with E-state index in [1.165, 1.54) is 12.1 Å². The molecule has 0 atom stereocenters. The SMILES string of the molecule is CCCNC(=O)CN1C(=O)c2ccc(Cl)cc2C1=O. The normalized spacial score (nSPS) is 13.7. The standard InChI is InChI=1S/C13H13ClN2O3/c1-2-5-15-11(17)7-16-12(18)9-4-3-8(14)6-10(9)13(16)19/h3-4,6H,2,5,7H2,1H3,(H,15,17). The molecule has 1 aromatic rings. The van der Waals surface area contributed by atoms with Gasteiger partial charge in [-0.15, -0.1) is 0 Å². The van der Waals surface area contributed by atoms with Crippen molar-refractivity contribution in [2.45, 2.75) is 13.3 Å². The molecule has 0 aromatic heterocycles. The number of hydrogen-bond acceptors (Lipinski definition) is 3. The average molecular weight is 281 g/mol. The molecule has 1 aliphatic rings. The van der Waals surface area contributed by atoms with Crippen LogP contribution in [-0.4, -0.2) is 35.7 Å². The first-order chi connectivity index (χ1) is 9.04. The molecule has 0 saturated heterocycles. The first kappa shape index (κ1) is 13.5. The van der Waals surface area contributed by atoms with Crippen LogP contribution >= 0.6 is 11.6 Å². The fourth-order valence-corrected chi connectivity index (χ4v) is 2.04. The molecule has 100 valence electrons. The highest BCUT2D eigenvalue weighted by Gasteiger charge is 2.36. The third-order valence-electron chi connectivity index (χ3n) is 2.81. The van der Waals surface area contributed by atoms with Crippen molar-refractivity contribution in [1.29, 1.82) is 0 Å². The first-order valence-electron chi connectivity index (χ1n) is 5.97. The van der Waals surface area contributed by atoms with E-state index in [-0.39, 0.29) is 23.6 Å². The van der Waals surface area contributed by atoms with Crippen LogP contribution in [0.15, 0.2) is 18.2 Å². The average Bonchev–Trinajstić information content (AvgIpc) is 2.61. The third-order valence-corrected chi connectivity index (χ3v) is 3.04. The number of imide groups is 1. The molecule has 0 bridgehead atoms. The Hall–Kier alpha value is -1.88. The van der Waals surface area contributed by atoms with Crippen molar-refractivity contribution in [3.05, 3.63) is 34.3 Å². The van der Waals surface area contributed by atoms with Gasteiger partial charge in [-0.1, -0.05) is 18.5 Å². The maximum atomic E-state index is 12.0. The van der Waals surface area contributed by atoms with Crippen molar-refractivity contribution < 1.29 is 14.4 Å². The Morgan fingerprint density at radius 2 is 1.95 bits per heavy atom. The number of fused-ring (bicyclic) bond motifs is 1. The lowest BCUT2D eigenvalue weighted by Gasteiger charge is -2.13. The second-order valence-corrected chi connectivity index (χ2v) is 4.67. The summed E-state index contributed by atoms with van der Waals surface area (Å²) in [5.74, 6) is -1.28. The first-order valence-corrected chi connectivity index (χ1v) is 6.35. The number of rotatable bonds is 4. The molecule has 0 aliphatic carbocycles. The van der Waals surface area contributed by atoms with Crippen LogP contribution in [-0.2, 0) is 4.79 Å². The molecule has 19 heavy (non-hydrogen) atoms. The van der Waals surface area contributed by atoms with Crippen molar-refractivity contribution in [2.75, 3.05) is 13.1 Å². The largest absolute Gasteiger partial charge is 0.355 e. The van der Waals surface area contributed by atoms with E-state index in [1.54, 1.807) is 6.07 Å². The minimum Gasteiger partial charge on any atom is -0.355 e. The number of hydrogen-bond donors (Lipinski definition) is 1. The summed E-state index contributed by atoms with van der Waals surface area (Å²) in [6.07, 6.45) is 0.795. The van der Waals surface area contributed by atoms with Crippen LogP contribution in [0, 0.1) is 0 Å². The Morgan fingerprint density at radius 1 is 1.26 bits per heavy atom. The molecular formula is C13H13ClN2O3. The molecule has 3 amide bonds. The number of carbonyl (C=O) groups excluding carboxylic acids is 3. The second kappa shape index (κ2) is 5.40. The molecule has 2 rings (SSSR count). The number of amides is 3. The van der Waals surface area contributed by atoms with E-state index in [2.05, 4.69) is 5.32 Å². The van der Waals surface area contributed by atoms with Gasteiger partial charge in [0.15, 0.2) is 0 Å². The van der Waals surface area contributed by atoms with Crippen molar-refractivity contribution in [3.63, 3.8) is 0 Å². The molecule has 0 unspecified atom stereocenters. The molecule has 1 aromatic carbocycles. The van der Waals surface area contributed by atoms with Crippen LogP contribution < -0.4 is 5.32 Å². The Bertz CT molecular complexity index is 557. The highest BCUT2D eigenvalue weighted by molar-refractivity contribution is 6.32. The topological polar surface area (TPSA) is 66.5 Å². The smallest absolute Gasteiger partial charge is 0.262 e. The van der Waals surface area contributed by atoms with Crippen LogP contribution in [0.1, 0.15) is 34.1 Å². The van der Waals surface area contributed by atoms with Gasteiger partial charge in [-0.3, -0.25) is 19.3 Å². The van der Waals surface area contributed by atoms with Crippen molar-refractivity contribution in [3.8, 4) is 0 Å². The number of nitrogens with one attached hydrogen (secondary N) is 1. The zero-order chi connectivity index (χ0) is 14.0. The molecule has 1 N–H and O–H groups in total. The highest BCUT2D eigenvalue weighted by atomic mass is 35.5. The van der Waals surface area contributed by atoms with Gasteiger partial charge in [0.05, 0.1) is 11.1 Å². The predicted molar refractivity (Wildman–Crippen MR) is 70.1 cm³/mol. The minimum absolute atomic E-state index is 0.251. The monoisotopic (exact) mass is 280 g/mol. The summed E-state index contributed by atoms with van der Waals surface area (Å²) in [5.41, 5.74) is 0.540. The maximum absolute atomic E-state index is 12.0. The van der Waals surface area contributed by atoms with E-state index in [0.29, 0.717) is 11.6 Å². The molecule has 0 saturated carbocycles. The zero-order valence-corrected chi connectivity index (χ0v) is 11.2. The second-order valence-electron chi connectivity index (χ2n) is 4.24. The number of nitrogens with zero attached hydrogens (tertiary/aromatic N) is 1. The molecular weight excluding hydrogens is 268 g/mol. The van der Waals surface area contributed by atoms with Gasteiger partial charge in [-0.25, -0.2) is 0 Å². The quantitative estimate of drug-likeness (QED) is 0.849. The third kappa shape index (κ3) is 2.61. The summed E-state index contributed by atoms with van der Waals surface area (Å²) in [6, 6.07) is 4.50. The van der Waals surface area contributed by atoms with Gasteiger partial charge in [0.1, 0.15) is 6.54 Å². The Morgan fingerprint density at radius 3 is 2.63 bits per heavy atom.